The molecule has 0 aliphatic carbocycles. The van der Waals surface area contributed by atoms with Crippen molar-refractivity contribution >= 4 is 21.6 Å². The lowest BCUT2D eigenvalue weighted by Gasteiger charge is -2.34. The maximum Gasteiger partial charge on any atom is 0.258 e. The molecule has 0 spiro atoms. The number of benzene rings is 2. The number of hydrogen-bond acceptors (Lipinski definition) is 3. The van der Waals surface area contributed by atoms with Gasteiger partial charge in [-0.05, 0) is 54.5 Å². The average Bonchev–Trinajstić information content (AvgIpc) is 3.11. The number of para-hydroxylation sites is 1. The molecule has 0 saturated carbocycles. The summed E-state index contributed by atoms with van der Waals surface area (Å²) in [6.07, 6.45) is 1.86. The van der Waals surface area contributed by atoms with Crippen molar-refractivity contribution in [2.45, 2.75) is 31.6 Å². The first-order valence-electron chi connectivity index (χ1n) is 9.86. The predicted octanol–water partition coefficient (Wildman–Crippen LogP) is 3.56. The number of carbonyl (C=O) groups excluding carboxylic acids is 1. The van der Waals surface area contributed by atoms with Gasteiger partial charge in [0.05, 0.1) is 4.90 Å². The molecule has 2 unspecified atom stereocenters. The fourth-order valence-electron chi connectivity index (χ4n) is 4.45. The minimum Gasteiger partial charge on any atom is -0.308 e. The van der Waals surface area contributed by atoms with Crippen LogP contribution >= 0.6 is 0 Å². The van der Waals surface area contributed by atoms with Crippen LogP contribution in [0.2, 0.25) is 0 Å². The van der Waals surface area contributed by atoms with Gasteiger partial charge in [0.2, 0.25) is 10.0 Å². The molecule has 1 fully saturated rings. The molecule has 0 aromatic heterocycles. The predicted molar refractivity (Wildman–Crippen MR) is 110 cm³/mol. The molecule has 28 heavy (non-hydrogen) atoms. The second kappa shape index (κ2) is 7.33. The fraction of sp³-hybridized carbons (Fsp3) is 0.409. The molecule has 148 valence electrons. The normalized spacial score (nSPS) is 22.9. The molecule has 5 nitrogen and oxygen atoms in total. The van der Waals surface area contributed by atoms with E-state index in [1.165, 1.54) is 6.07 Å². The number of fused-ring (bicyclic) bond motifs is 1. The first-order valence-corrected chi connectivity index (χ1v) is 11.3. The van der Waals surface area contributed by atoms with Crippen LogP contribution in [0.4, 0.5) is 5.69 Å². The molecule has 1 saturated heterocycles. The van der Waals surface area contributed by atoms with E-state index in [0.717, 1.165) is 24.1 Å². The summed E-state index contributed by atoms with van der Waals surface area (Å²) < 4.78 is 27.9. The van der Waals surface area contributed by atoms with E-state index in [4.69, 9.17) is 0 Å². The quantitative estimate of drug-likeness (QED) is 0.794. The van der Waals surface area contributed by atoms with Crippen molar-refractivity contribution in [2.75, 3.05) is 24.5 Å². The molecule has 2 aromatic carbocycles. The Morgan fingerprint density at radius 3 is 2.46 bits per heavy atom. The van der Waals surface area contributed by atoms with E-state index in [-0.39, 0.29) is 10.8 Å². The molecule has 0 N–H and O–H groups in total. The highest BCUT2D eigenvalue weighted by atomic mass is 32.2. The number of anilines is 1. The van der Waals surface area contributed by atoms with Crippen LogP contribution in [0.25, 0.3) is 0 Å². The number of nitrogens with zero attached hydrogens (tertiary/aromatic N) is 2. The lowest BCUT2D eigenvalue weighted by atomic mass is 9.94. The summed E-state index contributed by atoms with van der Waals surface area (Å²) in [5.41, 5.74) is 2.48. The number of carbonyl (C=O) groups is 1. The largest absolute Gasteiger partial charge is 0.308 e. The molecule has 2 aliphatic heterocycles. The van der Waals surface area contributed by atoms with E-state index in [1.54, 1.807) is 27.4 Å². The fourth-order valence-corrected chi connectivity index (χ4v) is 6.17. The summed E-state index contributed by atoms with van der Waals surface area (Å²) in [5, 5.41) is 0. The Labute approximate surface area is 167 Å². The minimum absolute atomic E-state index is 0.151. The summed E-state index contributed by atoms with van der Waals surface area (Å²) in [5.74, 6) is 0.524. The van der Waals surface area contributed by atoms with Gasteiger partial charge in [-0.15, -0.1) is 0 Å². The van der Waals surface area contributed by atoms with Crippen LogP contribution in [0.15, 0.2) is 53.4 Å². The van der Waals surface area contributed by atoms with Gasteiger partial charge in [-0.2, -0.15) is 4.31 Å². The van der Waals surface area contributed by atoms with Crippen LogP contribution in [0.3, 0.4) is 0 Å². The summed E-state index contributed by atoms with van der Waals surface area (Å²) in [7, 11) is -3.61. The molecule has 2 aliphatic rings. The van der Waals surface area contributed by atoms with E-state index in [0.29, 0.717) is 37.0 Å². The molecule has 2 atom stereocenters. The maximum absolute atomic E-state index is 13.2. The molecule has 4 rings (SSSR count). The van der Waals surface area contributed by atoms with E-state index in [2.05, 4.69) is 13.8 Å². The Bertz CT molecular complexity index is 992. The maximum atomic E-state index is 13.2. The van der Waals surface area contributed by atoms with Gasteiger partial charge >= 0.3 is 0 Å². The highest BCUT2D eigenvalue weighted by molar-refractivity contribution is 7.89. The van der Waals surface area contributed by atoms with Gasteiger partial charge in [0.15, 0.2) is 0 Å². The summed E-state index contributed by atoms with van der Waals surface area (Å²) in [6, 6.07) is 14.4. The number of hydrogen-bond donors (Lipinski definition) is 0. The van der Waals surface area contributed by atoms with Crippen LogP contribution < -0.4 is 4.90 Å². The Hall–Kier alpha value is -2.18. The first kappa shape index (κ1) is 19.2. The Morgan fingerprint density at radius 1 is 1.00 bits per heavy atom. The molecule has 0 radical (unpaired) electrons. The van der Waals surface area contributed by atoms with Crippen molar-refractivity contribution in [3.63, 3.8) is 0 Å². The monoisotopic (exact) mass is 398 g/mol. The van der Waals surface area contributed by atoms with Crippen molar-refractivity contribution in [1.82, 2.24) is 4.31 Å². The van der Waals surface area contributed by atoms with E-state index < -0.39 is 10.0 Å². The van der Waals surface area contributed by atoms with E-state index in [9.17, 15) is 13.2 Å². The molecule has 1 amide bonds. The van der Waals surface area contributed by atoms with Gasteiger partial charge in [0, 0.05) is 30.9 Å². The van der Waals surface area contributed by atoms with Crippen molar-refractivity contribution in [3.8, 4) is 0 Å². The van der Waals surface area contributed by atoms with Crippen molar-refractivity contribution in [1.29, 1.82) is 0 Å². The van der Waals surface area contributed by atoms with Crippen molar-refractivity contribution in [3.05, 3.63) is 59.7 Å². The van der Waals surface area contributed by atoms with E-state index in [1.807, 2.05) is 24.3 Å². The smallest absolute Gasteiger partial charge is 0.258 e. The average molecular weight is 399 g/mol. The third-order valence-electron chi connectivity index (χ3n) is 5.69. The van der Waals surface area contributed by atoms with Crippen LogP contribution in [0.5, 0.6) is 0 Å². The van der Waals surface area contributed by atoms with Gasteiger partial charge in [-0.3, -0.25) is 4.79 Å². The highest BCUT2D eigenvalue weighted by Crippen LogP contribution is 2.30. The summed E-state index contributed by atoms with van der Waals surface area (Å²) in [6.45, 7) is 5.86. The first-order chi connectivity index (χ1) is 13.4. The van der Waals surface area contributed by atoms with Crippen molar-refractivity contribution < 1.29 is 13.2 Å². The number of piperidine rings is 1. The zero-order chi connectivity index (χ0) is 19.9. The zero-order valence-corrected chi connectivity index (χ0v) is 17.2. The van der Waals surface area contributed by atoms with Crippen LogP contribution in [0, 0.1) is 11.8 Å². The van der Waals surface area contributed by atoms with Crippen LogP contribution in [-0.4, -0.2) is 38.3 Å². The van der Waals surface area contributed by atoms with Gasteiger partial charge < -0.3 is 4.90 Å². The standard InChI is InChI=1S/C22H26N2O3S/c1-16-12-17(2)15-23(14-16)28(26,27)20-8-5-7-19(13-20)22(25)24-11-10-18-6-3-4-9-21(18)24/h3-9,13,16-17H,10-12,14-15H2,1-2H3. The third kappa shape index (κ3) is 3.47. The van der Waals surface area contributed by atoms with Gasteiger partial charge in [-0.1, -0.05) is 38.1 Å². The Balaban J connectivity index is 1.62. The van der Waals surface area contributed by atoms with Crippen molar-refractivity contribution in [2.24, 2.45) is 11.8 Å². The summed E-state index contributed by atoms with van der Waals surface area (Å²) >= 11 is 0. The van der Waals surface area contributed by atoms with Crippen LogP contribution in [0.1, 0.15) is 36.2 Å². The Kier molecular flexibility index (Phi) is 5.02. The molecular formula is C22H26N2O3S. The van der Waals surface area contributed by atoms with Gasteiger partial charge in [-0.25, -0.2) is 8.42 Å². The number of sulfonamides is 1. The Morgan fingerprint density at radius 2 is 1.71 bits per heavy atom. The second-order valence-electron chi connectivity index (χ2n) is 8.13. The molecule has 0 bridgehead atoms. The molecular weight excluding hydrogens is 372 g/mol. The number of rotatable bonds is 3. The lowest BCUT2D eigenvalue weighted by Crippen LogP contribution is -2.42. The number of amides is 1. The topological polar surface area (TPSA) is 57.7 Å². The summed E-state index contributed by atoms with van der Waals surface area (Å²) in [4.78, 5) is 15.0. The molecule has 6 heteroatoms. The van der Waals surface area contributed by atoms with Crippen LogP contribution in [-0.2, 0) is 16.4 Å². The van der Waals surface area contributed by atoms with Gasteiger partial charge in [0.1, 0.15) is 0 Å². The molecule has 2 heterocycles. The SMILES string of the molecule is CC1CC(C)CN(S(=O)(=O)c2cccc(C(=O)N3CCc4ccccc43)c2)C1. The van der Waals surface area contributed by atoms with E-state index >= 15 is 0 Å². The minimum atomic E-state index is -3.61. The lowest BCUT2D eigenvalue weighted by molar-refractivity contribution is 0.0989. The molecule has 2 aromatic rings. The third-order valence-corrected chi connectivity index (χ3v) is 7.51. The second-order valence-corrected chi connectivity index (χ2v) is 10.1. The zero-order valence-electron chi connectivity index (χ0n) is 16.3. The highest BCUT2D eigenvalue weighted by Gasteiger charge is 2.32. The van der Waals surface area contributed by atoms with Gasteiger partial charge in [0.25, 0.3) is 5.91 Å².